The van der Waals surface area contributed by atoms with Crippen molar-refractivity contribution in [1.29, 1.82) is 0 Å². The summed E-state index contributed by atoms with van der Waals surface area (Å²) < 4.78 is 7.15. The van der Waals surface area contributed by atoms with Crippen LogP contribution in [0.2, 0.25) is 0 Å². The molecule has 3 aromatic carbocycles. The molecule has 0 amide bonds. The average Bonchev–Trinajstić information content (AvgIpc) is 2.66. The molecule has 0 saturated heterocycles. The van der Waals surface area contributed by atoms with Crippen LogP contribution in [0.3, 0.4) is 0 Å². The van der Waals surface area contributed by atoms with Gasteiger partial charge in [0.25, 0.3) is 0 Å². The SMILES string of the molecule is Cc1cccc(C)c1Oc1ccc(C(C)NC(C)c2ccccc2)cc1Br. The van der Waals surface area contributed by atoms with Crippen LogP contribution in [0.15, 0.2) is 71.2 Å². The standard InChI is InChI=1S/C24H26BrNO/c1-16-9-8-10-17(2)24(16)27-23-14-13-21(15-22(23)25)19(4)26-18(3)20-11-6-5-7-12-20/h5-15,18-19,26H,1-4H3. The molecule has 2 unspecified atom stereocenters. The molecule has 0 aliphatic rings. The van der Waals surface area contributed by atoms with E-state index in [4.69, 9.17) is 4.74 Å². The van der Waals surface area contributed by atoms with Gasteiger partial charge in [0.15, 0.2) is 0 Å². The van der Waals surface area contributed by atoms with Crippen molar-refractivity contribution in [2.45, 2.75) is 39.8 Å². The Kier molecular flexibility index (Phi) is 6.35. The van der Waals surface area contributed by atoms with Crippen LogP contribution in [0.1, 0.15) is 48.2 Å². The number of halogens is 1. The van der Waals surface area contributed by atoms with Crippen molar-refractivity contribution in [3.63, 3.8) is 0 Å². The Morgan fingerprint density at radius 3 is 2.04 bits per heavy atom. The van der Waals surface area contributed by atoms with Gasteiger partial charge >= 0.3 is 0 Å². The van der Waals surface area contributed by atoms with Crippen molar-refractivity contribution in [2.75, 3.05) is 0 Å². The smallest absolute Gasteiger partial charge is 0.141 e. The van der Waals surface area contributed by atoms with Gasteiger partial charge in [-0.25, -0.2) is 0 Å². The van der Waals surface area contributed by atoms with E-state index >= 15 is 0 Å². The lowest BCUT2D eigenvalue weighted by molar-refractivity contribution is 0.469. The Morgan fingerprint density at radius 1 is 0.778 bits per heavy atom. The van der Waals surface area contributed by atoms with Gasteiger partial charge in [-0.3, -0.25) is 0 Å². The number of benzene rings is 3. The molecule has 2 atom stereocenters. The van der Waals surface area contributed by atoms with Crippen molar-refractivity contribution in [3.8, 4) is 11.5 Å². The van der Waals surface area contributed by atoms with Crippen LogP contribution in [0.4, 0.5) is 0 Å². The number of nitrogens with one attached hydrogen (secondary N) is 1. The van der Waals surface area contributed by atoms with Crippen LogP contribution in [0.5, 0.6) is 11.5 Å². The molecule has 3 aromatic rings. The molecule has 0 aliphatic carbocycles. The second-order valence-electron chi connectivity index (χ2n) is 7.03. The van der Waals surface area contributed by atoms with Gasteiger partial charge in [0.1, 0.15) is 11.5 Å². The van der Waals surface area contributed by atoms with Crippen molar-refractivity contribution in [1.82, 2.24) is 5.32 Å². The fourth-order valence-electron chi connectivity index (χ4n) is 3.25. The van der Waals surface area contributed by atoms with Gasteiger partial charge in [-0.15, -0.1) is 0 Å². The van der Waals surface area contributed by atoms with Gasteiger partial charge < -0.3 is 10.1 Å². The topological polar surface area (TPSA) is 21.3 Å². The third-order valence-corrected chi connectivity index (χ3v) is 5.50. The van der Waals surface area contributed by atoms with E-state index in [-0.39, 0.29) is 12.1 Å². The first-order valence-electron chi connectivity index (χ1n) is 9.30. The van der Waals surface area contributed by atoms with Crippen LogP contribution in [-0.4, -0.2) is 0 Å². The van der Waals surface area contributed by atoms with E-state index in [9.17, 15) is 0 Å². The van der Waals surface area contributed by atoms with Gasteiger partial charge in [-0.05, 0) is 78.0 Å². The molecular formula is C24H26BrNO. The summed E-state index contributed by atoms with van der Waals surface area (Å²) in [5.41, 5.74) is 4.78. The van der Waals surface area contributed by atoms with Gasteiger partial charge in [0.05, 0.1) is 4.47 Å². The third-order valence-electron chi connectivity index (χ3n) is 4.88. The van der Waals surface area contributed by atoms with Crippen molar-refractivity contribution in [3.05, 3.63) is 93.5 Å². The zero-order valence-corrected chi connectivity index (χ0v) is 17.9. The van der Waals surface area contributed by atoms with Crippen LogP contribution >= 0.6 is 15.9 Å². The maximum absolute atomic E-state index is 6.19. The highest BCUT2D eigenvalue weighted by Crippen LogP contribution is 2.35. The molecular weight excluding hydrogens is 398 g/mol. The van der Waals surface area contributed by atoms with Gasteiger partial charge in [-0.2, -0.15) is 0 Å². The highest BCUT2D eigenvalue weighted by Gasteiger charge is 2.14. The molecule has 0 saturated carbocycles. The second kappa shape index (κ2) is 8.73. The van der Waals surface area contributed by atoms with E-state index < -0.39 is 0 Å². The van der Waals surface area contributed by atoms with E-state index in [1.165, 1.54) is 11.1 Å². The lowest BCUT2D eigenvalue weighted by Gasteiger charge is -2.21. The molecule has 140 valence electrons. The Bertz CT molecular complexity index is 887. The van der Waals surface area contributed by atoms with Gasteiger partial charge in [0.2, 0.25) is 0 Å². The summed E-state index contributed by atoms with van der Waals surface area (Å²) in [6.07, 6.45) is 0. The second-order valence-corrected chi connectivity index (χ2v) is 7.89. The number of rotatable bonds is 6. The molecule has 3 heteroatoms. The monoisotopic (exact) mass is 423 g/mol. The number of aryl methyl sites for hydroxylation is 2. The summed E-state index contributed by atoms with van der Waals surface area (Å²) in [6, 6.07) is 23.5. The largest absolute Gasteiger partial charge is 0.456 e. The predicted molar refractivity (Wildman–Crippen MR) is 117 cm³/mol. The van der Waals surface area contributed by atoms with Crippen LogP contribution in [0.25, 0.3) is 0 Å². The first-order chi connectivity index (χ1) is 13.0. The number of ether oxygens (including phenoxy) is 1. The maximum Gasteiger partial charge on any atom is 0.141 e. The minimum absolute atomic E-state index is 0.228. The molecule has 0 radical (unpaired) electrons. The zero-order chi connectivity index (χ0) is 19.4. The molecule has 0 bridgehead atoms. The quantitative estimate of drug-likeness (QED) is 0.449. The van der Waals surface area contributed by atoms with Crippen LogP contribution in [0, 0.1) is 13.8 Å². The molecule has 0 fully saturated rings. The van der Waals surface area contributed by atoms with Crippen molar-refractivity contribution in [2.24, 2.45) is 0 Å². The first kappa shape index (κ1) is 19.7. The zero-order valence-electron chi connectivity index (χ0n) is 16.3. The highest BCUT2D eigenvalue weighted by atomic mass is 79.9. The third kappa shape index (κ3) is 4.79. The van der Waals surface area contributed by atoms with E-state index in [0.717, 1.165) is 27.1 Å². The summed E-state index contributed by atoms with van der Waals surface area (Å²) in [5, 5.41) is 3.67. The normalized spacial score (nSPS) is 13.2. The lowest BCUT2D eigenvalue weighted by atomic mass is 10.0. The Morgan fingerprint density at radius 2 is 1.41 bits per heavy atom. The summed E-state index contributed by atoms with van der Waals surface area (Å²) >= 11 is 3.68. The summed E-state index contributed by atoms with van der Waals surface area (Å²) in [6.45, 7) is 8.52. The van der Waals surface area contributed by atoms with Crippen LogP contribution in [-0.2, 0) is 0 Å². The Labute approximate surface area is 170 Å². The molecule has 3 rings (SSSR count). The lowest BCUT2D eigenvalue weighted by Crippen LogP contribution is -2.22. The Hall–Kier alpha value is -2.10. The molecule has 1 N–H and O–H groups in total. The van der Waals surface area contributed by atoms with E-state index in [2.05, 4.69) is 104 Å². The molecule has 27 heavy (non-hydrogen) atoms. The number of para-hydroxylation sites is 1. The summed E-state index contributed by atoms with van der Waals surface area (Å²) in [4.78, 5) is 0. The Balaban J connectivity index is 1.74. The van der Waals surface area contributed by atoms with Gasteiger partial charge in [-0.1, -0.05) is 54.6 Å². The van der Waals surface area contributed by atoms with Gasteiger partial charge in [0, 0.05) is 12.1 Å². The predicted octanol–water partition coefficient (Wildman–Crippen LogP) is 7.27. The minimum atomic E-state index is 0.228. The number of hydrogen-bond acceptors (Lipinski definition) is 2. The molecule has 0 spiro atoms. The van der Waals surface area contributed by atoms with Crippen molar-refractivity contribution >= 4 is 15.9 Å². The van der Waals surface area contributed by atoms with E-state index in [0.29, 0.717) is 0 Å². The van der Waals surface area contributed by atoms with E-state index in [1.54, 1.807) is 0 Å². The summed E-state index contributed by atoms with van der Waals surface area (Å²) in [7, 11) is 0. The van der Waals surface area contributed by atoms with Crippen LogP contribution < -0.4 is 10.1 Å². The fraction of sp³-hybridized carbons (Fsp3) is 0.250. The molecule has 0 aliphatic heterocycles. The summed E-state index contributed by atoms with van der Waals surface area (Å²) in [5.74, 6) is 1.76. The minimum Gasteiger partial charge on any atom is -0.456 e. The molecule has 2 nitrogen and oxygen atoms in total. The average molecular weight is 424 g/mol. The highest BCUT2D eigenvalue weighted by molar-refractivity contribution is 9.10. The fourth-order valence-corrected chi connectivity index (χ4v) is 3.73. The van der Waals surface area contributed by atoms with E-state index in [1.807, 2.05) is 12.1 Å². The maximum atomic E-state index is 6.19. The molecule has 0 heterocycles. The molecule has 0 aromatic heterocycles. The number of hydrogen-bond donors (Lipinski definition) is 1. The first-order valence-corrected chi connectivity index (χ1v) is 10.1. The van der Waals surface area contributed by atoms with Crippen molar-refractivity contribution < 1.29 is 4.74 Å².